The van der Waals surface area contributed by atoms with E-state index >= 15 is 0 Å². The van der Waals surface area contributed by atoms with Gasteiger partial charge in [-0.25, -0.2) is 4.79 Å². The zero-order chi connectivity index (χ0) is 13.1. The Morgan fingerprint density at radius 2 is 1.71 bits per heavy atom. The fourth-order valence-electron chi connectivity index (χ4n) is 0.847. The first-order valence-electron chi connectivity index (χ1n) is 4.08. The number of carbonyl (C=O) groups excluding carboxylic acids is 1. The van der Waals surface area contributed by atoms with Crippen LogP contribution in [-0.2, 0) is 4.79 Å². The molecule has 0 heterocycles. The summed E-state index contributed by atoms with van der Waals surface area (Å²) in [5.41, 5.74) is 0.119. The van der Waals surface area contributed by atoms with Crippen LogP contribution in [0.25, 0.3) is 0 Å². The van der Waals surface area contributed by atoms with Gasteiger partial charge in [0.05, 0.1) is 5.69 Å². The molecule has 0 aliphatic heterocycles. The number of hydrogen-bond acceptors (Lipinski definition) is 3. The van der Waals surface area contributed by atoms with Crippen molar-refractivity contribution in [3.8, 4) is 5.75 Å². The van der Waals surface area contributed by atoms with Gasteiger partial charge in [-0.15, -0.1) is 0 Å². The van der Waals surface area contributed by atoms with Crippen molar-refractivity contribution >= 4 is 23.4 Å². The summed E-state index contributed by atoms with van der Waals surface area (Å²) < 4.78 is 53.5. The topological polar surface area (TPSA) is 38.7 Å². The maximum atomic E-state index is 12.7. The molecule has 0 fully saturated rings. The second-order valence-corrected chi connectivity index (χ2v) is 3.29. The smallest absolute Gasteiger partial charge is 0.427 e. The molecule has 3 nitrogen and oxygen atoms in total. The van der Waals surface area contributed by atoms with Crippen molar-refractivity contribution in [3.63, 3.8) is 0 Å². The van der Waals surface area contributed by atoms with Crippen molar-refractivity contribution in [2.24, 2.45) is 4.99 Å². The van der Waals surface area contributed by atoms with E-state index in [0.29, 0.717) is 0 Å². The zero-order valence-electron chi connectivity index (χ0n) is 7.96. The Morgan fingerprint density at radius 1 is 1.18 bits per heavy atom. The zero-order valence-corrected chi connectivity index (χ0v) is 8.72. The van der Waals surface area contributed by atoms with Crippen molar-refractivity contribution in [1.82, 2.24) is 0 Å². The van der Waals surface area contributed by atoms with Gasteiger partial charge in [-0.1, -0.05) is 0 Å². The third-order valence-corrected chi connectivity index (χ3v) is 1.81. The summed E-state index contributed by atoms with van der Waals surface area (Å²) in [6.45, 7) is 0. The van der Waals surface area contributed by atoms with E-state index in [2.05, 4.69) is 21.3 Å². The van der Waals surface area contributed by atoms with Gasteiger partial charge in [0.2, 0.25) is 6.08 Å². The molecule has 0 saturated heterocycles. The van der Waals surface area contributed by atoms with Crippen LogP contribution < -0.4 is 4.74 Å². The summed E-state index contributed by atoms with van der Waals surface area (Å²) in [5.74, 6) is -0.542. The number of nitrogens with zero attached hydrogens (tertiary/aromatic N) is 1. The van der Waals surface area contributed by atoms with Gasteiger partial charge in [0.15, 0.2) is 0 Å². The first kappa shape index (κ1) is 13.5. The number of hydrogen-bond donors (Lipinski definition) is 0. The summed E-state index contributed by atoms with van der Waals surface area (Å²) >= 11 is 4.18. The second kappa shape index (κ2) is 4.73. The molecule has 0 N–H and O–H groups in total. The summed E-state index contributed by atoms with van der Waals surface area (Å²) in [4.78, 5) is 13.0. The van der Waals surface area contributed by atoms with Crippen LogP contribution >= 0.6 is 11.6 Å². The number of benzene rings is 1. The van der Waals surface area contributed by atoms with Crippen molar-refractivity contribution in [2.75, 3.05) is 0 Å². The average Bonchev–Trinajstić information content (AvgIpc) is 2.19. The van der Waals surface area contributed by atoms with Crippen LogP contribution in [-0.4, -0.2) is 17.6 Å². The molecule has 0 aliphatic carbocycles. The van der Waals surface area contributed by atoms with Crippen LogP contribution in [0.1, 0.15) is 0 Å². The number of alkyl halides is 5. The van der Waals surface area contributed by atoms with E-state index in [1.165, 1.54) is 6.08 Å². The largest absolute Gasteiger partial charge is 0.480 e. The molecule has 8 heteroatoms. The standard InChI is InChI=1S/C9H4ClF4NO2/c10-8(11,12)9(13,14)17-7-3-1-6(2-4-7)15-5-16/h1-4H. The van der Waals surface area contributed by atoms with Crippen molar-refractivity contribution in [1.29, 1.82) is 0 Å². The molecule has 1 aromatic rings. The lowest BCUT2D eigenvalue weighted by atomic mass is 10.3. The highest BCUT2D eigenvalue weighted by molar-refractivity contribution is 6.22. The molecule has 0 atom stereocenters. The highest BCUT2D eigenvalue weighted by atomic mass is 35.5. The third-order valence-electron chi connectivity index (χ3n) is 1.59. The molecule has 0 aliphatic rings. The fourth-order valence-corrected chi connectivity index (χ4v) is 0.886. The van der Waals surface area contributed by atoms with E-state index in [-0.39, 0.29) is 5.69 Å². The first-order valence-corrected chi connectivity index (χ1v) is 4.45. The molecule has 17 heavy (non-hydrogen) atoms. The van der Waals surface area contributed by atoms with Crippen LogP contribution in [0.5, 0.6) is 5.75 Å². The van der Waals surface area contributed by atoms with Gasteiger partial charge < -0.3 is 4.74 Å². The van der Waals surface area contributed by atoms with E-state index in [1.54, 1.807) is 0 Å². The molecule has 0 bridgehead atoms. The molecule has 0 aromatic heterocycles. The van der Waals surface area contributed by atoms with Crippen molar-refractivity contribution in [3.05, 3.63) is 24.3 Å². The van der Waals surface area contributed by atoms with E-state index in [4.69, 9.17) is 0 Å². The minimum atomic E-state index is -4.84. The number of ether oxygens (including phenoxy) is 1. The Balaban J connectivity index is 2.86. The lowest BCUT2D eigenvalue weighted by molar-refractivity contribution is -0.273. The monoisotopic (exact) mass is 269 g/mol. The van der Waals surface area contributed by atoms with Gasteiger partial charge in [0.1, 0.15) is 5.75 Å². The maximum Gasteiger partial charge on any atom is 0.480 e. The van der Waals surface area contributed by atoms with E-state index in [9.17, 15) is 22.4 Å². The minimum Gasteiger partial charge on any atom is -0.427 e. The molecule has 1 aromatic carbocycles. The second-order valence-electron chi connectivity index (χ2n) is 2.81. The highest BCUT2D eigenvalue weighted by Gasteiger charge is 2.58. The van der Waals surface area contributed by atoms with Gasteiger partial charge >= 0.3 is 11.5 Å². The highest BCUT2D eigenvalue weighted by Crippen LogP contribution is 2.39. The maximum absolute atomic E-state index is 12.7. The van der Waals surface area contributed by atoms with Gasteiger partial charge in [-0.05, 0) is 35.9 Å². The fraction of sp³-hybridized carbons (Fsp3) is 0.222. The van der Waals surface area contributed by atoms with Crippen LogP contribution in [0.2, 0.25) is 0 Å². The lowest BCUT2D eigenvalue weighted by Crippen LogP contribution is -2.41. The molecular weight excluding hydrogens is 266 g/mol. The summed E-state index contributed by atoms with van der Waals surface area (Å²) in [6, 6.07) is 4.10. The van der Waals surface area contributed by atoms with Crippen LogP contribution in [0.15, 0.2) is 29.3 Å². The van der Waals surface area contributed by atoms with E-state index < -0.39 is 17.2 Å². The van der Waals surface area contributed by atoms with Crippen molar-refractivity contribution in [2.45, 2.75) is 11.5 Å². The first-order chi connectivity index (χ1) is 7.76. The van der Waals surface area contributed by atoms with E-state index in [0.717, 1.165) is 24.3 Å². The molecule has 92 valence electrons. The van der Waals surface area contributed by atoms with Gasteiger partial charge in [-0.2, -0.15) is 22.6 Å². The van der Waals surface area contributed by atoms with Crippen LogP contribution in [0.4, 0.5) is 23.2 Å². The van der Waals surface area contributed by atoms with E-state index in [1.807, 2.05) is 0 Å². The Bertz CT molecular complexity index is 437. The predicted molar refractivity (Wildman–Crippen MR) is 50.6 cm³/mol. The lowest BCUT2D eigenvalue weighted by Gasteiger charge is -2.21. The van der Waals surface area contributed by atoms with Crippen molar-refractivity contribution < 1.29 is 27.1 Å². The molecule has 0 spiro atoms. The number of isocyanates is 1. The summed E-state index contributed by atoms with van der Waals surface area (Å²) in [7, 11) is 0. The summed E-state index contributed by atoms with van der Waals surface area (Å²) in [5, 5.41) is -4.83. The Morgan fingerprint density at radius 3 is 2.12 bits per heavy atom. The number of rotatable bonds is 4. The molecule has 0 unspecified atom stereocenters. The Hall–Kier alpha value is -1.59. The molecule has 0 radical (unpaired) electrons. The van der Waals surface area contributed by atoms with Gasteiger partial charge in [0.25, 0.3) is 0 Å². The van der Waals surface area contributed by atoms with Gasteiger partial charge in [0, 0.05) is 0 Å². The number of aliphatic imine (C=N–C) groups is 1. The Labute approximate surface area is 97.7 Å². The SMILES string of the molecule is O=C=Nc1ccc(OC(F)(F)C(F)(F)Cl)cc1. The minimum absolute atomic E-state index is 0.119. The van der Waals surface area contributed by atoms with Gasteiger partial charge in [-0.3, -0.25) is 0 Å². The normalized spacial score (nSPS) is 11.8. The third kappa shape index (κ3) is 3.44. The quantitative estimate of drug-likeness (QED) is 0.363. The van der Waals surface area contributed by atoms with Crippen LogP contribution in [0, 0.1) is 0 Å². The molecule has 1 rings (SSSR count). The summed E-state index contributed by atoms with van der Waals surface area (Å²) in [6.07, 6.45) is -3.62. The molecule has 0 amide bonds. The predicted octanol–water partition coefficient (Wildman–Crippen LogP) is 3.46. The van der Waals surface area contributed by atoms with Crippen LogP contribution in [0.3, 0.4) is 0 Å². The average molecular weight is 270 g/mol. The number of halogens is 5. The molecule has 0 saturated carbocycles. The molecular formula is C9H4ClF4NO2. The Kier molecular flexibility index (Phi) is 3.75.